The molecule has 0 saturated carbocycles. The van der Waals surface area contributed by atoms with Gasteiger partial charge >= 0.3 is 5.97 Å². The molecule has 3 aromatic rings. The Morgan fingerprint density at radius 1 is 1.33 bits per heavy atom. The molecule has 0 aliphatic rings. The number of aromatic carboxylic acids is 1. The predicted molar refractivity (Wildman–Crippen MR) is 83.4 cm³/mol. The van der Waals surface area contributed by atoms with Crippen LogP contribution in [0.15, 0.2) is 41.3 Å². The van der Waals surface area contributed by atoms with Crippen LogP contribution in [0.3, 0.4) is 0 Å². The second kappa shape index (κ2) is 5.81. The number of fused-ring (bicyclic) bond motifs is 1. The number of methoxy groups -OCH3 is 1. The normalized spacial score (nSPS) is 10.3. The Balaban J connectivity index is 2.43. The summed E-state index contributed by atoms with van der Waals surface area (Å²) < 4.78 is 6.25. The maximum atomic E-state index is 12.4. The number of nitriles is 1. The first kappa shape index (κ1) is 15.2. The first-order valence-electron chi connectivity index (χ1n) is 6.76. The first-order chi connectivity index (χ1) is 11.6. The van der Waals surface area contributed by atoms with Crippen molar-refractivity contribution in [2.24, 2.45) is 0 Å². The molecular weight excluding hydrogens is 312 g/mol. The van der Waals surface area contributed by atoms with E-state index in [9.17, 15) is 20.0 Å². The van der Waals surface area contributed by atoms with E-state index in [1.807, 2.05) is 6.07 Å². The second-order valence-corrected chi connectivity index (χ2v) is 4.76. The lowest BCUT2D eigenvalue weighted by Crippen LogP contribution is -2.23. The number of rotatable bonds is 3. The van der Waals surface area contributed by atoms with Gasteiger partial charge in [-0.1, -0.05) is 6.07 Å². The predicted octanol–water partition coefficient (Wildman–Crippen LogP) is 1.36. The zero-order chi connectivity index (χ0) is 17.3. The number of benzene rings is 1. The third-order valence-electron chi connectivity index (χ3n) is 3.41. The minimum Gasteiger partial charge on any atom is -0.481 e. The zero-order valence-corrected chi connectivity index (χ0v) is 12.4. The van der Waals surface area contributed by atoms with Gasteiger partial charge in [-0.05, 0) is 18.2 Å². The maximum absolute atomic E-state index is 12.4. The van der Waals surface area contributed by atoms with E-state index in [4.69, 9.17) is 4.74 Å². The lowest BCUT2D eigenvalue weighted by molar-refractivity contribution is 0.0687. The second-order valence-electron chi connectivity index (χ2n) is 4.76. The van der Waals surface area contributed by atoms with Gasteiger partial charge in [0.2, 0.25) is 17.0 Å². The molecule has 0 spiro atoms. The van der Waals surface area contributed by atoms with Crippen LogP contribution in [0.2, 0.25) is 0 Å². The molecule has 1 aromatic carbocycles. The van der Waals surface area contributed by atoms with E-state index < -0.39 is 17.1 Å². The Morgan fingerprint density at radius 2 is 2.12 bits per heavy atom. The number of carbonyl (C=O) groups is 1. The Bertz CT molecular complexity index is 1050. The highest BCUT2D eigenvalue weighted by Gasteiger charge is 2.19. The van der Waals surface area contributed by atoms with Crippen LogP contribution >= 0.6 is 0 Å². The van der Waals surface area contributed by atoms with Gasteiger partial charge in [0.1, 0.15) is 0 Å². The van der Waals surface area contributed by atoms with Crippen LogP contribution in [0.25, 0.3) is 16.6 Å². The fraction of sp³-hybridized carbons (Fsp3) is 0.0625. The van der Waals surface area contributed by atoms with Gasteiger partial charge in [0.25, 0.3) is 0 Å². The molecular formula is C16H10N4O4. The molecule has 0 amide bonds. The third-order valence-corrected chi connectivity index (χ3v) is 3.41. The molecule has 2 heterocycles. The molecule has 0 aliphatic heterocycles. The number of pyridine rings is 1. The molecule has 0 bridgehead atoms. The molecule has 1 N–H and O–H groups in total. The molecule has 0 atom stereocenters. The van der Waals surface area contributed by atoms with Crippen LogP contribution in [-0.4, -0.2) is 33.0 Å². The lowest BCUT2D eigenvalue weighted by atomic mass is 10.1. The van der Waals surface area contributed by atoms with E-state index in [1.165, 1.54) is 24.1 Å². The van der Waals surface area contributed by atoms with E-state index in [0.29, 0.717) is 17.1 Å². The summed E-state index contributed by atoms with van der Waals surface area (Å²) in [4.78, 5) is 27.8. The van der Waals surface area contributed by atoms with Crippen LogP contribution in [0.4, 0.5) is 0 Å². The summed E-state index contributed by atoms with van der Waals surface area (Å²) in [6, 6.07) is 9.73. The monoisotopic (exact) mass is 322 g/mol. The standard InChI is InChI=1S/C16H10N4O4/c1-24-12-6-5-10(8-18-12)20-11-4-2-3-9(7-17)13(11)15(21)14(19-20)16(22)23/h2-6,8H,1H3,(H,22,23). The molecule has 0 radical (unpaired) electrons. The Kier molecular flexibility index (Phi) is 3.67. The zero-order valence-electron chi connectivity index (χ0n) is 12.4. The van der Waals surface area contributed by atoms with Crippen molar-refractivity contribution in [3.63, 3.8) is 0 Å². The topological polar surface area (TPSA) is 118 Å². The highest BCUT2D eigenvalue weighted by Crippen LogP contribution is 2.19. The van der Waals surface area contributed by atoms with E-state index in [2.05, 4.69) is 10.1 Å². The molecule has 24 heavy (non-hydrogen) atoms. The summed E-state index contributed by atoms with van der Waals surface area (Å²) in [7, 11) is 1.47. The van der Waals surface area contributed by atoms with Crippen molar-refractivity contribution in [3.05, 3.63) is 58.0 Å². The SMILES string of the molecule is COc1ccc(-n2nc(C(=O)O)c(=O)c3c(C#N)cccc32)cn1. The molecule has 2 aromatic heterocycles. The Labute approximate surface area is 135 Å². The van der Waals surface area contributed by atoms with Gasteiger partial charge in [0.05, 0.1) is 41.5 Å². The van der Waals surface area contributed by atoms with Crippen molar-refractivity contribution < 1.29 is 14.6 Å². The number of hydrogen-bond acceptors (Lipinski definition) is 6. The van der Waals surface area contributed by atoms with Gasteiger partial charge in [-0.3, -0.25) is 4.79 Å². The van der Waals surface area contributed by atoms with Gasteiger partial charge in [-0.2, -0.15) is 10.4 Å². The Morgan fingerprint density at radius 3 is 2.71 bits per heavy atom. The fourth-order valence-electron chi connectivity index (χ4n) is 2.32. The summed E-state index contributed by atoms with van der Waals surface area (Å²) >= 11 is 0. The third kappa shape index (κ3) is 2.34. The van der Waals surface area contributed by atoms with E-state index in [1.54, 1.807) is 24.3 Å². The average molecular weight is 322 g/mol. The molecule has 3 rings (SSSR count). The number of nitrogens with zero attached hydrogens (tertiary/aromatic N) is 4. The van der Waals surface area contributed by atoms with Gasteiger partial charge in [-0.15, -0.1) is 0 Å². The quantitative estimate of drug-likeness (QED) is 0.773. The number of aromatic nitrogens is 3. The van der Waals surface area contributed by atoms with E-state index in [0.717, 1.165) is 0 Å². The van der Waals surface area contributed by atoms with Crippen LogP contribution in [-0.2, 0) is 0 Å². The molecule has 118 valence electrons. The van der Waals surface area contributed by atoms with Crippen molar-refractivity contribution in [1.82, 2.24) is 14.8 Å². The van der Waals surface area contributed by atoms with Crippen molar-refractivity contribution in [3.8, 4) is 17.6 Å². The highest BCUT2D eigenvalue weighted by atomic mass is 16.5. The summed E-state index contributed by atoms with van der Waals surface area (Å²) in [6.07, 6.45) is 1.43. The van der Waals surface area contributed by atoms with Gasteiger partial charge in [0, 0.05) is 6.07 Å². The molecule has 0 fully saturated rings. The molecule has 8 heteroatoms. The Hall–Kier alpha value is -3.73. The number of carboxylic acids is 1. The molecule has 0 saturated heterocycles. The van der Waals surface area contributed by atoms with Crippen LogP contribution in [0.5, 0.6) is 5.88 Å². The largest absolute Gasteiger partial charge is 0.481 e. The van der Waals surface area contributed by atoms with Crippen LogP contribution < -0.4 is 10.2 Å². The number of carboxylic acid groups (broad SMARTS) is 1. The smallest absolute Gasteiger partial charge is 0.360 e. The molecule has 8 nitrogen and oxygen atoms in total. The van der Waals surface area contributed by atoms with Gasteiger partial charge < -0.3 is 9.84 Å². The summed E-state index contributed by atoms with van der Waals surface area (Å²) in [5, 5.41) is 22.4. The van der Waals surface area contributed by atoms with Gasteiger partial charge in [-0.25, -0.2) is 14.5 Å². The molecule has 0 aliphatic carbocycles. The number of hydrogen-bond donors (Lipinski definition) is 1. The minimum absolute atomic E-state index is 0.00298. The number of ether oxygens (including phenoxy) is 1. The van der Waals surface area contributed by atoms with Crippen molar-refractivity contribution in [1.29, 1.82) is 5.26 Å². The van der Waals surface area contributed by atoms with Crippen LogP contribution in [0.1, 0.15) is 16.1 Å². The summed E-state index contributed by atoms with van der Waals surface area (Å²) in [5.41, 5.74) is -0.639. The van der Waals surface area contributed by atoms with Crippen molar-refractivity contribution >= 4 is 16.9 Å². The lowest BCUT2D eigenvalue weighted by Gasteiger charge is -2.11. The van der Waals surface area contributed by atoms with E-state index in [-0.39, 0.29) is 10.9 Å². The summed E-state index contributed by atoms with van der Waals surface area (Å²) in [5.74, 6) is -1.09. The maximum Gasteiger partial charge on any atom is 0.360 e. The summed E-state index contributed by atoms with van der Waals surface area (Å²) in [6.45, 7) is 0. The van der Waals surface area contributed by atoms with Crippen molar-refractivity contribution in [2.75, 3.05) is 7.11 Å². The highest BCUT2D eigenvalue weighted by molar-refractivity contribution is 5.93. The molecule has 0 unspecified atom stereocenters. The van der Waals surface area contributed by atoms with E-state index >= 15 is 0 Å². The fourth-order valence-corrected chi connectivity index (χ4v) is 2.32. The van der Waals surface area contributed by atoms with Crippen LogP contribution in [0, 0.1) is 11.3 Å². The average Bonchev–Trinajstić information content (AvgIpc) is 2.61. The van der Waals surface area contributed by atoms with Gasteiger partial charge in [0.15, 0.2) is 0 Å². The van der Waals surface area contributed by atoms with Crippen molar-refractivity contribution in [2.45, 2.75) is 0 Å². The minimum atomic E-state index is -1.47. The first-order valence-corrected chi connectivity index (χ1v) is 6.76.